The maximum atomic E-state index is 12.1. The van der Waals surface area contributed by atoms with E-state index in [0.29, 0.717) is 12.0 Å². The van der Waals surface area contributed by atoms with Gasteiger partial charge in [0.15, 0.2) is 15.6 Å². The number of Topliss-reactive ketones (excluding diaryl/α,β-unsaturated/α-hetero) is 1. The Labute approximate surface area is 121 Å². The molecule has 0 aliphatic carbocycles. The smallest absolute Gasteiger partial charge is 0.178 e. The van der Waals surface area contributed by atoms with Crippen LogP contribution >= 0.6 is 0 Å². The van der Waals surface area contributed by atoms with Crippen molar-refractivity contribution in [3.8, 4) is 0 Å². The first kappa shape index (κ1) is 16.9. The fourth-order valence-electron chi connectivity index (χ4n) is 1.85. The molecule has 1 aromatic rings. The third-order valence-corrected chi connectivity index (χ3v) is 4.86. The lowest BCUT2D eigenvalue weighted by Crippen LogP contribution is -2.17. The molecule has 0 fully saturated rings. The summed E-state index contributed by atoms with van der Waals surface area (Å²) >= 11 is 0. The highest BCUT2D eigenvalue weighted by Gasteiger charge is 2.16. The SMILES string of the molecule is CC(C)C(=O)c1ccc(S(=O)(=O)CCCN(C)C)cc1. The third kappa shape index (κ3) is 4.72. The molecule has 0 aromatic heterocycles. The monoisotopic (exact) mass is 297 g/mol. The van der Waals surface area contributed by atoms with Gasteiger partial charge in [0.1, 0.15) is 0 Å². The van der Waals surface area contributed by atoms with Crippen LogP contribution in [0.2, 0.25) is 0 Å². The molecule has 0 N–H and O–H groups in total. The molecule has 0 aliphatic rings. The number of sulfone groups is 1. The van der Waals surface area contributed by atoms with E-state index in [1.165, 1.54) is 12.1 Å². The van der Waals surface area contributed by atoms with Crippen LogP contribution in [0, 0.1) is 5.92 Å². The van der Waals surface area contributed by atoms with E-state index in [2.05, 4.69) is 0 Å². The van der Waals surface area contributed by atoms with Crippen molar-refractivity contribution >= 4 is 15.6 Å². The fourth-order valence-corrected chi connectivity index (χ4v) is 3.14. The predicted octanol–water partition coefficient (Wildman–Crippen LogP) is 2.25. The number of hydrogen-bond acceptors (Lipinski definition) is 4. The summed E-state index contributed by atoms with van der Waals surface area (Å²) in [6.07, 6.45) is 0.599. The summed E-state index contributed by atoms with van der Waals surface area (Å²) in [5, 5.41) is 0. The van der Waals surface area contributed by atoms with Gasteiger partial charge >= 0.3 is 0 Å². The van der Waals surface area contributed by atoms with Crippen molar-refractivity contribution in [3.05, 3.63) is 29.8 Å². The van der Waals surface area contributed by atoms with E-state index in [4.69, 9.17) is 0 Å². The van der Waals surface area contributed by atoms with Crippen molar-refractivity contribution in [1.82, 2.24) is 4.90 Å². The topological polar surface area (TPSA) is 54.5 Å². The van der Waals surface area contributed by atoms with Gasteiger partial charge in [0.2, 0.25) is 0 Å². The molecule has 0 amide bonds. The Morgan fingerprint density at radius 3 is 2.15 bits per heavy atom. The molecular weight excluding hydrogens is 274 g/mol. The van der Waals surface area contributed by atoms with E-state index in [9.17, 15) is 13.2 Å². The molecule has 20 heavy (non-hydrogen) atoms. The summed E-state index contributed by atoms with van der Waals surface area (Å²) in [6.45, 7) is 4.39. The molecule has 0 saturated carbocycles. The van der Waals surface area contributed by atoms with Gasteiger partial charge in [0, 0.05) is 11.5 Å². The molecule has 0 bridgehead atoms. The van der Waals surface area contributed by atoms with Crippen LogP contribution in [-0.2, 0) is 9.84 Å². The van der Waals surface area contributed by atoms with E-state index in [-0.39, 0.29) is 22.3 Å². The van der Waals surface area contributed by atoms with E-state index < -0.39 is 9.84 Å². The predicted molar refractivity (Wildman–Crippen MR) is 80.8 cm³/mol. The number of nitrogens with zero attached hydrogens (tertiary/aromatic N) is 1. The highest BCUT2D eigenvalue weighted by Crippen LogP contribution is 2.15. The second-order valence-electron chi connectivity index (χ2n) is 5.52. The molecule has 0 unspecified atom stereocenters. The van der Waals surface area contributed by atoms with Crippen LogP contribution in [-0.4, -0.2) is 45.5 Å². The number of ketones is 1. The summed E-state index contributed by atoms with van der Waals surface area (Å²) in [6, 6.07) is 6.25. The number of benzene rings is 1. The molecule has 0 radical (unpaired) electrons. The number of carbonyl (C=O) groups excluding carboxylic acids is 1. The second-order valence-corrected chi connectivity index (χ2v) is 7.63. The summed E-state index contributed by atoms with van der Waals surface area (Å²) in [5.74, 6) is 0.0712. The van der Waals surface area contributed by atoms with Gasteiger partial charge in [-0.15, -0.1) is 0 Å². The first-order chi connectivity index (χ1) is 9.24. The minimum Gasteiger partial charge on any atom is -0.309 e. The van der Waals surface area contributed by atoms with Crippen molar-refractivity contribution < 1.29 is 13.2 Å². The molecule has 0 heterocycles. The minimum absolute atomic E-state index is 0.0292. The zero-order chi connectivity index (χ0) is 15.3. The number of hydrogen-bond donors (Lipinski definition) is 0. The first-order valence-corrected chi connectivity index (χ1v) is 8.41. The van der Waals surface area contributed by atoms with Gasteiger partial charge in [-0.3, -0.25) is 4.79 Å². The van der Waals surface area contributed by atoms with Gasteiger partial charge in [-0.25, -0.2) is 8.42 Å². The number of rotatable bonds is 7. The van der Waals surface area contributed by atoms with Gasteiger partial charge in [-0.05, 0) is 39.2 Å². The lowest BCUT2D eigenvalue weighted by molar-refractivity contribution is 0.0939. The maximum Gasteiger partial charge on any atom is 0.178 e. The van der Waals surface area contributed by atoms with Crippen LogP contribution in [0.15, 0.2) is 29.2 Å². The highest BCUT2D eigenvalue weighted by molar-refractivity contribution is 7.91. The molecule has 0 atom stereocenters. The van der Waals surface area contributed by atoms with Gasteiger partial charge < -0.3 is 4.90 Å². The zero-order valence-corrected chi connectivity index (χ0v) is 13.4. The molecule has 1 aromatic carbocycles. The first-order valence-electron chi connectivity index (χ1n) is 6.76. The maximum absolute atomic E-state index is 12.1. The third-order valence-electron chi connectivity index (χ3n) is 3.04. The lowest BCUT2D eigenvalue weighted by Gasteiger charge is -2.10. The molecule has 0 aliphatic heterocycles. The Kier molecular flexibility index (Phi) is 5.89. The van der Waals surface area contributed by atoms with E-state index in [0.717, 1.165) is 6.54 Å². The molecule has 0 spiro atoms. The van der Waals surface area contributed by atoms with Gasteiger partial charge in [0.25, 0.3) is 0 Å². The Balaban J connectivity index is 2.79. The minimum atomic E-state index is -3.26. The average Bonchev–Trinajstić information content (AvgIpc) is 2.37. The van der Waals surface area contributed by atoms with Crippen LogP contribution in [0.3, 0.4) is 0 Å². The van der Waals surface area contributed by atoms with Crippen molar-refractivity contribution in [2.45, 2.75) is 25.2 Å². The summed E-state index contributed by atoms with van der Waals surface area (Å²) in [5.41, 5.74) is 0.562. The fraction of sp³-hybridized carbons (Fsp3) is 0.533. The van der Waals surface area contributed by atoms with Crippen LogP contribution < -0.4 is 0 Å². The molecule has 112 valence electrons. The largest absolute Gasteiger partial charge is 0.309 e. The molecule has 4 nitrogen and oxygen atoms in total. The van der Waals surface area contributed by atoms with Crippen LogP contribution in [0.1, 0.15) is 30.6 Å². The summed E-state index contributed by atoms with van der Waals surface area (Å²) in [4.78, 5) is 14.0. The van der Waals surface area contributed by atoms with Crippen molar-refractivity contribution in [3.63, 3.8) is 0 Å². The average molecular weight is 297 g/mol. The molecule has 5 heteroatoms. The molecule has 1 rings (SSSR count). The number of carbonyl (C=O) groups is 1. The molecular formula is C15H23NO3S. The Hall–Kier alpha value is -1.20. The van der Waals surface area contributed by atoms with Gasteiger partial charge in [-0.1, -0.05) is 26.0 Å². The van der Waals surface area contributed by atoms with E-state index in [1.807, 2.05) is 32.8 Å². The van der Waals surface area contributed by atoms with Crippen molar-refractivity contribution in [2.24, 2.45) is 5.92 Å². The quantitative estimate of drug-likeness (QED) is 0.724. The van der Waals surface area contributed by atoms with Crippen molar-refractivity contribution in [2.75, 3.05) is 26.4 Å². The Morgan fingerprint density at radius 1 is 1.15 bits per heavy atom. The van der Waals surface area contributed by atoms with Gasteiger partial charge in [0.05, 0.1) is 10.6 Å². The van der Waals surface area contributed by atoms with E-state index >= 15 is 0 Å². The summed E-state index contributed by atoms with van der Waals surface area (Å²) in [7, 11) is 0.575. The second kappa shape index (κ2) is 6.99. The van der Waals surface area contributed by atoms with Crippen molar-refractivity contribution in [1.29, 1.82) is 0 Å². The normalized spacial score (nSPS) is 12.1. The highest BCUT2D eigenvalue weighted by atomic mass is 32.2. The van der Waals surface area contributed by atoms with Crippen LogP contribution in [0.4, 0.5) is 0 Å². The standard InChI is InChI=1S/C15H23NO3S/c1-12(2)15(17)13-6-8-14(9-7-13)20(18,19)11-5-10-16(3)4/h6-9,12H,5,10-11H2,1-4H3. The Morgan fingerprint density at radius 2 is 1.70 bits per heavy atom. The van der Waals surface area contributed by atoms with Crippen LogP contribution in [0.5, 0.6) is 0 Å². The summed E-state index contributed by atoms with van der Waals surface area (Å²) < 4.78 is 24.3. The lowest BCUT2D eigenvalue weighted by atomic mass is 10.0. The molecule has 0 saturated heterocycles. The van der Waals surface area contributed by atoms with Crippen LogP contribution in [0.25, 0.3) is 0 Å². The zero-order valence-electron chi connectivity index (χ0n) is 12.6. The Bertz CT molecular complexity index is 545. The van der Waals surface area contributed by atoms with E-state index in [1.54, 1.807) is 12.1 Å². The van der Waals surface area contributed by atoms with Gasteiger partial charge in [-0.2, -0.15) is 0 Å².